The maximum absolute atomic E-state index is 14.6. The molecule has 2 aromatic carbocycles. The van der Waals surface area contributed by atoms with Gasteiger partial charge >= 0.3 is 0 Å². The number of likely N-dealkylation sites (N-methyl/N-ethyl adjacent to an activating group) is 1. The molecular weight excluding hydrogens is 447 g/mol. The predicted octanol–water partition coefficient (Wildman–Crippen LogP) is 4.22. The van der Waals surface area contributed by atoms with Gasteiger partial charge in [-0.15, -0.1) is 0 Å². The number of benzene rings is 2. The van der Waals surface area contributed by atoms with E-state index in [-0.39, 0.29) is 27.8 Å². The van der Waals surface area contributed by atoms with E-state index in [0.29, 0.717) is 33.9 Å². The number of carbonyl (C=O) groups excluding carboxylic acids is 1. The summed E-state index contributed by atoms with van der Waals surface area (Å²) in [5.41, 5.74) is 9.23. The molecule has 9 nitrogen and oxygen atoms in total. The molecule has 1 saturated heterocycles. The third-order valence-corrected chi connectivity index (χ3v) is 5.75. The monoisotopic (exact) mass is 480 g/mol. The number of nitrogen functional groups attached to an aromatic ring is 1. The molecule has 0 bridgehead atoms. The number of nitrogens with one attached hydrogen (secondary N) is 3. The van der Waals surface area contributed by atoms with Gasteiger partial charge in [-0.3, -0.25) is 4.79 Å². The number of aromatic nitrogens is 2. The average Bonchev–Trinajstić information content (AvgIpc) is 2.85. The third kappa shape index (κ3) is 5.44. The first-order valence-electron chi connectivity index (χ1n) is 11.1. The first kappa shape index (κ1) is 23.8. The molecule has 1 aromatic heterocycles. The largest absolute Gasteiger partial charge is 0.383 e. The topological polar surface area (TPSA) is 123 Å². The zero-order valence-electron chi connectivity index (χ0n) is 19.4. The second-order valence-corrected chi connectivity index (χ2v) is 8.19. The zero-order valence-corrected chi connectivity index (χ0v) is 19.4. The van der Waals surface area contributed by atoms with Crippen LogP contribution in [0.5, 0.6) is 0 Å². The Morgan fingerprint density at radius 1 is 1.17 bits per heavy atom. The fourth-order valence-corrected chi connectivity index (χ4v) is 3.85. The lowest BCUT2D eigenvalue weighted by molar-refractivity contribution is -0.111. The number of piperazine rings is 1. The number of hydrogen-bond acceptors (Lipinski definition) is 8. The van der Waals surface area contributed by atoms with Crippen LogP contribution < -0.4 is 21.3 Å². The van der Waals surface area contributed by atoms with E-state index in [2.05, 4.69) is 32.1 Å². The molecular formula is C25H33FN8O. The maximum Gasteiger partial charge on any atom is 0.247 e. The number of rotatable bonds is 7. The molecule has 2 heterocycles. The van der Waals surface area contributed by atoms with Crippen LogP contribution in [0.2, 0.25) is 0 Å². The van der Waals surface area contributed by atoms with Gasteiger partial charge in [0.1, 0.15) is 11.6 Å². The van der Waals surface area contributed by atoms with Crippen molar-refractivity contribution < 1.29 is 13.5 Å². The van der Waals surface area contributed by atoms with Gasteiger partial charge in [-0.25, -0.2) is 9.37 Å². The fraction of sp³-hybridized carbons (Fsp3) is 0.200. The zero-order chi connectivity index (χ0) is 24.9. The highest BCUT2D eigenvalue weighted by Gasteiger charge is 2.19. The van der Waals surface area contributed by atoms with Gasteiger partial charge in [0.2, 0.25) is 11.9 Å². The van der Waals surface area contributed by atoms with E-state index < -0.39 is 0 Å². The van der Waals surface area contributed by atoms with Gasteiger partial charge in [-0.1, -0.05) is 18.7 Å². The second kappa shape index (κ2) is 10.3. The Bertz CT molecular complexity index is 1290. The van der Waals surface area contributed by atoms with Crippen LogP contribution in [-0.4, -0.2) is 60.2 Å². The highest BCUT2D eigenvalue weighted by Crippen LogP contribution is 2.30. The summed E-state index contributed by atoms with van der Waals surface area (Å²) in [6.07, 6.45) is 2.27. The van der Waals surface area contributed by atoms with Gasteiger partial charge in [0, 0.05) is 53.6 Å². The lowest BCUT2D eigenvalue weighted by Gasteiger charge is -2.34. The first-order valence-corrected chi connectivity index (χ1v) is 11.1. The molecule has 0 unspecified atom stereocenters. The molecule has 4 rings (SSSR count). The maximum atomic E-state index is 14.6. The van der Waals surface area contributed by atoms with Crippen LogP contribution >= 0.6 is 0 Å². The summed E-state index contributed by atoms with van der Waals surface area (Å²) in [7, 11) is 2.05. The van der Waals surface area contributed by atoms with Gasteiger partial charge in [0.15, 0.2) is 0 Å². The first-order chi connectivity index (χ1) is 16.9. The van der Waals surface area contributed by atoms with Crippen molar-refractivity contribution in [3.05, 3.63) is 66.5 Å². The number of hydrogen-bond donors (Lipinski definition) is 4. The number of anilines is 5. The van der Waals surface area contributed by atoms with E-state index in [1.165, 1.54) is 12.1 Å². The number of amides is 1. The molecule has 1 aliphatic heterocycles. The Hall–Kier alpha value is -4.31. The summed E-state index contributed by atoms with van der Waals surface area (Å²) >= 11 is 0. The van der Waals surface area contributed by atoms with E-state index in [4.69, 9.17) is 11.1 Å². The molecule has 1 aliphatic rings. The lowest BCUT2D eigenvalue weighted by atomic mass is 10.1. The van der Waals surface area contributed by atoms with Crippen molar-refractivity contribution in [2.24, 2.45) is 0 Å². The molecule has 1 fully saturated rings. The quantitative estimate of drug-likeness (QED) is 0.295. The van der Waals surface area contributed by atoms with E-state index in [1.807, 2.05) is 11.9 Å². The minimum Gasteiger partial charge on any atom is -0.383 e. The smallest absolute Gasteiger partial charge is 0.247 e. The van der Waals surface area contributed by atoms with E-state index >= 15 is 0 Å². The van der Waals surface area contributed by atoms with Crippen LogP contribution in [0.4, 0.5) is 33.2 Å². The molecule has 10 heteroatoms. The number of halogens is 1. The van der Waals surface area contributed by atoms with Crippen LogP contribution in [0.25, 0.3) is 11.3 Å². The SMILES string of the molecule is C=CC(=O)Nc1cccc(-c2nc(Nc3ccc(F)c(N4CCN(C)CC4)c3)nc(N)c2C=N)c1.[HH].[HH].[HH]. The van der Waals surface area contributed by atoms with Crippen molar-refractivity contribution in [2.75, 3.05) is 54.5 Å². The van der Waals surface area contributed by atoms with Crippen molar-refractivity contribution >= 4 is 41.0 Å². The van der Waals surface area contributed by atoms with Gasteiger partial charge < -0.3 is 31.6 Å². The Labute approximate surface area is 207 Å². The van der Waals surface area contributed by atoms with Crippen LogP contribution in [-0.2, 0) is 4.79 Å². The number of nitrogens with two attached hydrogens (primary N) is 1. The highest BCUT2D eigenvalue weighted by atomic mass is 19.1. The van der Waals surface area contributed by atoms with Crippen molar-refractivity contribution in [1.29, 1.82) is 5.41 Å². The molecule has 186 valence electrons. The van der Waals surface area contributed by atoms with Crippen molar-refractivity contribution in [1.82, 2.24) is 14.9 Å². The van der Waals surface area contributed by atoms with Crippen LogP contribution in [0.1, 0.15) is 9.84 Å². The van der Waals surface area contributed by atoms with E-state index in [1.54, 1.807) is 36.4 Å². The van der Waals surface area contributed by atoms with E-state index in [0.717, 1.165) is 32.4 Å². The predicted molar refractivity (Wildman–Crippen MR) is 144 cm³/mol. The van der Waals surface area contributed by atoms with Crippen LogP contribution in [0.15, 0.2) is 55.1 Å². The van der Waals surface area contributed by atoms with Crippen molar-refractivity contribution in [3.63, 3.8) is 0 Å². The molecule has 35 heavy (non-hydrogen) atoms. The van der Waals surface area contributed by atoms with Crippen molar-refractivity contribution in [2.45, 2.75) is 0 Å². The standard InChI is InChI=1S/C25H27FN8O.3H2/c1-3-22(35)29-17-6-4-5-16(13-17)23-19(15-27)24(28)32-25(31-23)30-18-7-8-20(26)21(14-18)34-11-9-33(2)10-12-34;;;/h3-8,13-15,27H,1,9-12H2,2H3,(H,29,35)(H3,28,30,31,32);3*1H. The number of nitrogens with zero attached hydrogens (tertiary/aromatic N) is 4. The Morgan fingerprint density at radius 2 is 1.94 bits per heavy atom. The highest BCUT2D eigenvalue weighted by molar-refractivity contribution is 5.99. The normalized spacial score (nSPS) is 13.8. The van der Waals surface area contributed by atoms with Gasteiger partial charge in [0.25, 0.3) is 0 Å². The van der Waals surface area contributed by atoms with E-state index in [9.17, 15) is 9.18 Å². The molecule has 0 aliphatic carbocycles. The Balaban J connectivity index is 0.00000241. The minimum atomic E-state index is -0.341. The summed E-state index contributed by atoms with van der Waals surface area (Å²) in [6.45, 7) is 6.64. The fourth-order valence-electron chi connectivity index (χ4n) is 3.85. The van der Waals surface area contributed by atoms with Gasteiger partial charge in [-0.05, 0) is 43.5 Å². The third-order valence-electron chi connectivity index (χ3n) is 5.75. The number of carbonyl (C=O) groups is 1. The molecule has 1 amide bonds. The summed E-state index contributed by atoms with van der Waals surface area (Å²) in [6, 6.07) is 11.8. The molecule has 0 saturated carbocycles. The van der Waals surface area contributed by atoms with Crippen LogP contribution in [0, 0.1) is 11.2 Å². The Morgan fingerprint density at radius 3 is 2.66 bits per heavy atom. The van der Waals surface area contributed by atoms with Gasteiger partial charge in [-0.2, -0.15) is 4.98 Å². The Kier molecular flexibility index (Phi) is 7.02. The van der Waals surface area contributed by atoms with Crippen LogP contribution in [0.3, 0.4) is 0 Å². The molecule has 0 spiro atoms. The molecule has 0 radical (unpaired) electrons. The summed E-state index contributed by atoms with van der Waals surface area (Å²) in [5, 5.41) is 13.6. The lowest BCUT2D eigenvalue weighted by Crippen LogP contribution is -2.44. The van der Waals surface area contributed by atoms with Gasteiger partial charge in [0.05, 0.1) is 16.9 Å². The second-order valence-electron chi connectivity index (χ2n) is 8.19. The molecule has 0 atom stereocenters. The summed E-state index contributed by atoms with van der Waals surface area (Å²) in [4.78, 5) is 24.8. The minimum absolute atomic E-state index is 0. The molecule has 3 aromatic rings. The average molecular weight is 481 g/mol. The van der Waals surface area contributed by atoms with Crippen molar-refractivity contribution in [3.8, 4) is 11.3 Å². The molecule has 5 N–H and O–H groups in total. The summed E-state index contributed by atoms with van der Waals surface area (Å²) in [5.74, 6) is -0.306. The summed E-state index contributed by atoms with van der Waals surface area (Å²) < 4.78 is 14.6.